The maximum absolute atomic E-state index is 12.1. The molecule has 4 heteroatoms. The maximum atomic E-state index is 12.1. The summed E-state index contributed by atoms with van der Waals surface area (Å²) < 4.78 is 5.27. The molecule has 0 amide bonds. The molecular formula is C14H13ClO2S. The Labute approximate surface area is 115 Å². The minimum absolute atomic E-state index is 0.0268. The van der Waals surface area contributed by atoms with Gasteiger partial charge in [0.2, 0.25) is 0 Å². The summed E-state index contributed by atoms with van der Waals surface area (Å²) in [6.45, 7) is 1.99. The zero-order valence-corrected chi connectivity index (χ0v) is 11.8. The van der Waals surface area contributed by atoms with E-state index in [0.29, 0.717) is 16.3 Å². The standard InChI is InChI=1S/C14H13ClO2S/c1-9-3-4-13(17-2)10(7-9)8-12(16)14-11(15)5-6-18-14/h3-7H,8H2,1-2H3. The van der Waals surface area contributed by atoms with Gasteiger partial charge in [-0.25, -0.2) is 0 Å². The Bertz CT molecular complexity index is 575. The van der Waals surface area contributed by atoms with Crippen molar-refractivity contribution < 1.29 is 9.53 Å². The summed E-state index contributed by atoms with van der Waals surface area (Å²) >= 11 is 7.34. The third-order valence-electron chi connectivity index (χ3n) is 2.66. The predicted octanol–water partition coefficient (Wildman–Crippen LogP) is 4.14. The molecule has 1 aromatic heterocycles. The second-order valence-electron chi connectivity index (χ2n) is 4.01. The average molecular weight is 281 g/mol. The van der Waals surface area contributed by atoms with E-state index in [9.17, 15) is 4.79 Å². The number of ketones is 1. The summed E-state index contributed by atoms with van der Waals surface area (Å²) in [4.78, 5) is 12.8. The molecule has 0 aliphatic heterocycles. The van der Waals surface area contributed by atoms with Gasteiger partial charge in [-0.2, -0.15) is 0 Å². The van der Waals surface area contributed by atoms with Crippen molar-refractivity contribution in [3.05, 3.63) is 50.7 Å². The van der Waals surface area contributed by atoms with Crippen LogP contribution in [0.25, 0.3) is 0 Å². The van der Waals surface area contributed by atoms with Gasteiger partial charge in [0, 0.05) is 12.0 Å². The first-order valence-electron chi connectivity index (χ1n) is 5.51. The number of Topliss-reactive ketones (excluding diaryl/α,β-unsaturated/α-hetero) is 1. The van der Waals surface area contributed by atoms with Crippen molar-refractivity contribution in [1.29, 1.82) is 0 Å². The molecule has 0 atom stereocenters. The zero-order chi connectivity index (χ0) is 13.1. The SMILES string of the molecule is COc1ccc(C)cc1CC(=O)c1sccc1Cl. The molecule has 0 saturated carbocycles. The van der Waals surface area contributed by atoms with Gasteiger partial charge >= 0.3 is 0 Å². The van der Waals surface area contributed by atoms with Gasteiger partial charge in [0.15, 0.2) is 5.78 Å². The first kappa shape index (κ1) is 13.1. The zero-order valence-electron chi connectivity index (χ0n) is 10.2. The van der Waals surface area contributed by atoms with Gasteiger partial charge in [0.05, 0.1) is 17.0 Å². The highest BCUT2D eigenvalue weighted by atomic mass is 35.5. The summed E-state index contributed by atoms with van der Waals surface area (Å²) in [5.41, 5.74) is 2.00. The minimum atomic E-state index is 0.0268. The van der Waals surface area contributed by atoms with E-state index in [4.69, 9.17) is 16.3 Å². The largest absolute Gasteiger partial charge is 0.496 e. The van der Waals surface area contributed by atoms with Crippen molar-refractivity contribution in [2.75, 3.05) is 7.11 Å². The molecular weight excluding hydrogens is 268 g/mol. The molecule has 94 valence electrons. The number of carbonyl (C=O) groups excluding carboxylic acids is 1. The van der Waals surface area contributed by atoms with E-state index in [1.165, 1.54) is 11.3 Å². The number of hydrogen-bond donors (Lipinski definition) is 0. The summed E-state index contributed by atoms with van der Waals surface area (Å²) in [5, 5.41) is 2.35. The van der Waals surface area contributed by atoms with Crippen LogP contribution in [0, 0.1) is 6.92 Å². The van der Waals surface area contributed by atoms with Crippen molar-refractivity contribution in [3.8, 4) is 5.75 Å². The molecule has 0 aliphatic carbocycles. The monoisotopic (exact) mass is 280 g/mol. The van der Waals surface area contributed by atoms with Crippen LogP contribution in [0.4, 0.5) is 0 Å². The van der Waals surface area contributed by atoms with Gasteiger partial charge in [-0.15, -0.1) is 11.3 Å². The average Bonchev–Trinajstić information content (AvgIpc) is 2.76. The second-order valence-corrected chi connectivity index (χ2v) is 5.34. The van der Waals surface area contributed by atoms with Crippen molar-refractivity contribution in [2.24, 2.45) is 0 Å². The molecule has 0 unspecified atom stereocenters. The lowest BCUT2D eigenvalue weighted by molar-refractivity contribution is 0.0996. The van der Waals surface area contributed by atoms with Crippen molar-refractivity contribution in [1.82, 2.24) is 0 Å². The predicted molar refractivity (Wildman–Crippen MR) is 75.1 cm³/mol. The fourth-order valence-electron chi connectivity index (χ4n) is 1.79. The van der Waals surface area contributed by atoms with Gasteiger partial charge in [-0.05, 0) is 24.4 Å². The van der Waals surface area contributed by atoms with Crippen LogP contribution in [0.1, 0.15) is 20.8 Å². The van der Waals surface area contributed by atoms with E-state index in [-0.39, 0.29) is 5.78 Å². The number of hydrogen-bond acceptors (Lipinski definition) is 3. The van der Waals surface area contributed by atoms with E-state index in [1.807, 2.05) is 30.5 Å². The third kappa shape index (κ3) is 2.74. The smallest absolute Gasteiger partial charge is 0.178 e. The first-order valence-corrected chi connectivity index (χ1v) is 6.77. The van der Waals surface area contributed by atoms with Crippen molar-refractivity contribution in [3.63, 3.8) is 0 Å². The number of methoxy groups -OCH3 is 1. The lowest BCUT2D eigenvalue weighted by Crippen LogP contribution is -2.04. The molecule has 18 heavy (non-hydrogen) atoms. The number of thiophene rings is 1. The third-order valence-corrected chi connectivity index (χ3v) is 4.04. The number of rotatable bonds is 4. The van der Waals surface area contributed by atoms with E-state index in [2.05, 4.69) is 0 Å². The van der Waals surface area contributed by atoms with Crippen molar-refractivity contribution in [2.45, 2.75) is 13.3 Å². The molecule has 0 saturated heterocycles. The molecule has 0 fully saturated rings. The molecule has 2 aromatic rings. The molecule has 1 aromatic carbocycles. The molecule has 0 spiro atoms. The molecule has 2 rings (SSSR count). The highest BCUT2D eigenvalue weighted by Gasteiger charge is 2.15. The van der Waals surface area contributed by atoms with Crippen LogP contribution in [0.3, 0.4) is 0 Å². The molecule has 2 nitrogen and oxygen atoms in total. The van der Waals surface area contributed by atoms with Crippen LogP contribution in [0.2, 0.25) is 5.02 Å². The molecule has 0 N–H and O–H groups in total. The lowest BCUT2D eigenvalue weighted by atomic mass is 10.0. The van der Waals surface area contributed by atoms with Crippen LogP contribution in [-0.2, 0) is 6.42 Å². The van der Waals surface area contributed by atoms with Crippen LogP contribution in [0.15, 0.2) is 29.6 Å². The Morgan fingerprint density at radius 3 is 2.78 bits per heavy atom. The van der Waals surface area contributed by atoms with Gasteiger partial charge < -0.3 is 4.74 Å². The highest BCUT2D eigenvalue weighted by molar-refractivity contribution is 7.12. The molecule has 0 aliphatic rings. The van der Waals surface area contributed by atoms with E-state index in [1.54, 1.807) is 13.2 Å². The molecule has 0 radical (unpaired) electrons. The van der Waals surface area contributed by atoms with E-state index in [0.717, 1.165) is 16.9 Å². The Morgan fingerprint density at radius 2 is 2.17 bits per heavy atom. The van der Waals surface area contributed by atoms with Crippen LogP contribution < -0.4 is 4.74 Å². The van der Waals surface area contributed by atoms with Crippen LogP contribution >= 0.6 is 22.9 Å². The maximum Gasteiger partial charge on any atom is 0.178 e. The number of ether oxygens (including phenoxy) is 1. The van der Waals surface area contributed by atoms with E-state index >= 15 is 0 Å². The van der Waals surface area contributed by atoms with Crippen molar-refractivity contribution >= 4 is 28.7 Å². The van der Waals surface area contributed by atoms with Gasteiger partial charge in [-0.3, -0.25) is 4.79 Å². The Balaban J connectivity index is 2.27. The summed E-state index contributed by atoms with van der Waals surface area (Å²) in [5.74, 6) is 0.764. The number of aryl methyl sites for hydroxylation is 1. The fourth-order valence-corrected chi connectivity index (χ4v) is 2.89. The van der Waals surface area contributed by atoms with Gasteiger partial charge in [-0.1, -0.05) is 29.3 Å². The van der Waals surface area contributed by atoms with Gasteiger partial charge in [0.25, 0.3) is 0 Å². The minimum Gasteiger partial charge on any atom is -0.496 e. The Hall–Kier alpha value is -1.32. The molecule has 0 bridgehead atoms. The lowest BCUT2D eigenvalue weighted by Gasteiger charge is -2.08. The second kappa shape index (κ2) is 5.55. The summed E-state index contributed by atoms with van der Waals surface area (Å²) in [6, 6.07) is 7.56. The van der Waals surface area contributed by atoms with Gasteiger partial charge in [0.1, 0.15) is 5.75 Å². The van der Waals surface area contributed by atoms with E-state index < -0.39 is 0 Å². The highest BCUT2D eigenvalue weighted by Crippen LogP contribution is 2.26. The normalized spacial score (nSPS) is 10.4. The summed E-state index contributed by atoms with van der Waals surface area (Å²) in [6.07, 6.45) is 0.311. The fraction of sp³-hybridized carbons (Fsp3) is 0.214. The first-order chi connectivity index (χ1) is 8.61. The Kier molecular flexibility index (Phi) is 4.04. The Morgan fingerprint density at radius 1 is 1.39 bits per heavy atom. The van der Waals surface area contributed by atoms with Crippen LogP contribution in [0.5, 0.6) is 5.75 Å². The quantitative estimate of drug-likeness (QED) is 0.787. The van der Waals surface area contributed by atoms with Crippen LogP contribution in [-0.4, -0.2) is 12.9 Å². The number of halogens is 1. The topological polar surface area (TPSA) is 26.3 Å². The summed E-state index contributed by atoms with van der Waals surface area (Å²) in [7, 11) is 1.61. The number of benzene rings is 1. The number of carbonyl (C=O) groups is 1. The molecule has 1 heterocycles.